The van der Waals surface area contributed by atoms with Crippen LogP contribution in [0.25, 0.3) is 0 Å². The molecule has 3 rings (SSSR count). The molecule has 7 nitrogen and oxygen atoms in total. The van der Waals surface area contributed by atoms with Gasteiger partial charge in [-0.2, -0.15) is 0 Å². The number of carbonyl (C=O) groups is 3. The number of carbonyl (C=O) groups excluding carboxylic acids is 3. The van der Waals surface area contributed by atoms with Gasteiger partial charge in [-0.25, -0.2) is 0 Å². The van der Waals surface area contributed by atoms with E-state index in [1.165, 1.54) is 4.90 Å². The molecule has 3 amide bonds. The second-order valence-electron chi connectivity index (χ2n) is 5.36. The Balaban J connectivity index is 1.76. The number of anilines is 1. The summed E-state index contributed by atoms with van der Waals surface area (Å²) in [4.78, 5) is 38.9. The van der Waals surface area contributed by atoms with Crippen LogP contribution in [0, 0.1) is 0 Å². The van der Waals surface area contributed by atoms with Gasteiger partial charge in [0.05, 0.1) is 5.69 Å². The van der Waals surface area contributed by atoms with E-state index in [1.807, 2.05) is 0 Å². The highest BCUT2D eigenvalue weighted by atomic mass is 35.5. The van der Waals surface area contributed by atoms with Crippen molar-refractivity contribution < 1.29 is 19.1 Å². The standard InChI is InChI=1S/C15H16ClN3O4/c16-10-1-2-12-11(7-10)19(15(22)9-23-12)8-14(21)18-5-3-13(20)17-4-6-18/h1-2,7H,3-6,8-9H2,(H,17,20). The van der Waals surface area contributed by atoms with Gasteiger partial charge in [0.25, 0.3) is 5.91 Å². The summed E-state index contributed by atoms with van der Waals surface area (Å²) < 4.78 is 5.35. The summed E-state index contributed by atoms with van der Waals surface area (Å²) in [5.41, 5.74) is 0.492. The molecular formula is C15H16ClN3O4. The van der Waals surface area contributed by atoms with Crippen LogP contribution in [0.3, 0.4) is 0 Å². The SMILES string of the molecule is O=C1CCN(C(=O)CN2C(=O)COc3ccc(Cl)cc32)CCN1. The Labute approximate surface area is 138 Å². The van der Waals surface area contributed by atoms with Gasteiger partial charge >= 0.3 is 0 Å². The molecule has 0 atom stereocenters. The fourth-order valence-corrected chi connectivity index (χ4v) is 2.77. The first-order valence-corrected chi connectivity index (χ1v) is 7.69. The molecule has 122 valence electrons. The molecule has 0 radical (unpaired) electrons. The average molecular weight is 338 g/mol. The van der Waals surface area contributed by atoms with Crippen LogP contribution < -0.4 is 15.0 Å². The molecule has 1 fully saturated rings. The van der Waals surface area contributed by atoms with Crippen molar-refractivity contribution >= 4 is 35.0 Å². The van der Waals surface area contributed by atoms with Crippen molar-refractivity contribution in [3.05, 3.63) is 23.2 Å². The molecule has 0 spiro atoms. The molecule has 1 N–H and O–H groups in total. The molecular weight excluding hydrogens is 322 g/mol. The molecule has 1 saturated heterocycles. The second-order valence-corrected chi connectivity index (χ2v) is 5.80. The normalized spacial score (nSPS) is 18.0. The number of halogens is 1. The third-order valence-electron chi connectivity index (χ3n) is 3.82. The number of benzene rings is 1. The van der Waals surface area contributed by atoms with Gasteiger partial charge in [-0.15, -0.1) is 0 Å². The van der Waals surface area contributed by atoms with E-state index in [2.05, 4.69) is 5.32 Å². The van der Waals surface area contributed by atoms with E-state index < -0.39 is 0 Å². The van der Waals surface area contributed by atoms with Crippen LogP contribution in [0.5, 0.6) is 5.75 Å². The van der Waals surface area contributed by atoms with Gasteiger partial charge in [-0.3, -0.25) is 19.3 Å². The van der Waals surface area contributed by atoms with E-state index in [-0.39, 0.29) is 37.3 Å². The van der Waals surface area contributed by atoms with Crippen LogP contribution in [0.4, 0.5) is 5.69 Å². The highest BCUT2D eigenvalue weighted by molar-refractivity contribution is 6.31. The smallest absolute Gasteiger partial charge is 0.265 e. The topological polar surface area (TPSA) is 79.0 Å². The largest absolute Gasteiger partial charge is 0.482 e. The maximum Gasteiger partial charge on any atom is 0.265 e. The quantitative estimate of drug-likeness (QED) is 0.848. The molecule has 8 heteroatoms. The van der Waals surface area contributed by atoms with Crippen LogP contribution in [-0.2, 0) is 14.4 Å². The first kappa shape index (κ1) is 15.6. The lowest BCUT2D eigenvalue weighted by Gasteiger charge is -2.31. The number of ether oxygens (including phenoxy) is 1. The lowest BCUT2D eigenvalue weighted by atomic mass is 10.2. The fourth-order valence-electron chi connectivity index (χ4n) is 2.60. The van der Waals surface area contributed by atoms with Crippen LogP contribution >= 0.6 is 11.6 Å². The zero-order chi connectivity index (χ0) is 16.4. The summed E-state index contributed by atoms with van der Waals surface area (Å²) in [5.74, 6) is -0.0470. The Morgan fingerprint density at radius 2 is 2.13 bits per heavy atom. The molecule has 1 aromatic rings. The van der Waals surface area contributed by atoms with E-state index in [1.54, 1.807) is 23.1 Å². The van der Waals surface area contributed by atoms with Gasteiger partial charge in [0, 0.05) is 31.1 Å². The molecule has 23 heavy (non-hydrogen) atoms. The summed E-state index contributed by atoms with van der Waals surface area (Å²) in [6.07, 6.45) is 0.269. The zero-order valence-electron chi connectivity index (χ0n) is 12.4. The number of hydrogen-bond acceptors (Lipinski definition) is 4. The number of nitrogens with zero attached hydrogens (tertiary/aromatic N) is 2. The highest BCUT2D eigenvalue weighted by Crippen LogP contribution is 2.34. The Morgan fingerprint density at radius 1 is 1.30 bits per heavy atom. The Bertz CT molecular complexity index is 664. The molecule has 2 aliphatic heterocycles. The third kappa shape index (κ3) is 3.39. The van der Waals surface area contributed by atoms with Crippen molar-refractivity contribution in [2.45, 2.75) is 6.42 Å². The van der Waals surface area contributed by atoms with Crippen LogP contribution in [0.1, 0.15) is 6.42 Å². The molecule has 0 unspecified atom stereocenters. The van der Waals surface area contributed by atoms with E-state index in [4.69, 9.17) is 16.3 Å². The molecule has 2 aliphatic rings. The molecule has 1 aromatic carbocycles. The Morgan fingerprint density at radius 3 is 2.96 bits per heavy atom. The minimum atomic E-state index is -0.294. The highest BCUT2D eigenvalue weighted by Gasteiger charge is 2.29. The number of hydrogen-bond donors (Lipinski definition) is 1. The second kappa shape index (κ2) is 6.45. The van der Waals surface area contributed by atoms with Gasteiger partial charge in [0.15, 0.2) is 6.61 Å². The van der Waals surface area contributed by atoms with Gasteiger partial charge in [-0.1, -0.05) is 11.6 Å². The van der Waals surface area contributed by atoms with Crippen LogP contribution in [-0.4, -0.2) is 55.4 Å². The lowest BCUT2D eigenvalue weighted by molar-refractivity contribution is -0.132. The lowest BCUT2D eigenvalue weighted by Crippen LogP contribution is -2.47. The summed E-state index contributed by atoms with van der Waals surface area (Å²) in [7, 11) is 0. The van der Waals surface area contributed by atoms with E-state index >= 15 is 0 Å². The molecule has 0 bridgehead atoms. The van der Waals surface area contributed by atoms with Crippen molar-refractivity contribution in [1.82, 2.24) is 10.2 Å². The minimum absolute atomic E-state index is 0.0696. The zero-order valence-corrected chi connectivity index (χ0v) is 13.1. The van der Waals surface area contributed by atoms with Gasteiger partial charge in [0.2, 0.25) is 11.8 Å². The summed E-state index contributed by atoms with van der Waals surface area (Å²) >= 11 is 5.98. The predicted octanol–water partition coefficient (Wildman–Crippen LogP) is 0.414. The van der Waals surface area contributed by atoms with Gasteiger partial charge in [0.1, 0.15) is 12.3 Å². The number of nitrogens with one attached hydrogen (secondary N) is 1. The average Bonchev–Trinajstić information content (AvgIpc) is 2.75. The molecule has 0 saturated carbocycles. The van der Waals surface area contributed by atoms with Crippen molar-refractivity contribution in [3.63, 3.8) is 0 Å². The van der Waals surface area contributed by atoms with Crippen LogP contribution in [0.2, 0.25) is 5.02 Å². The maximum atomic E-state index is 12.5. The van der Waals surface area contributed by atoms with Gasteiger partial charge < -0.3 is 15.0 Å². The number of fused-ring (bicyclic) bond motifs is 1. The molecule has 0 aromatic heterocycles. The van der Waals surface area contributed by atoms with E-state index in [9.17, 15) is 14.4 Å². The van der Waals surface area contributed by atoms with E-state index in [0.717, 1.165) is 0 Å². The van der Waals surface area contributed by atoms with Crippen LogP contribution in [0.15, 0.2) is 18.2 Å². The number of amides is 3. The van der Waals surface area contributed by atoms with E-state index in [0.29, 0.717) is 36.1 Å². The van der Waals surface area contributed by atoms with Crippen molar-refractivity contribution in [3.8, 4) is 5.75 Å². The first-order chi connectivity index (χ1) is 11.0. The Hall–Kier alpha value is -2.28. The van der Waals surface area contributed by atoms with Crippen molar-refractivity contribution in [1.29, 1.82) is 0 Å². The maximum absolute atomic E-state index is 12.5. The fraction of sp³-hybridized carbons (Fsp3) is 0.400. The molecule has 0 aliphatic carbocycles. The van der Waals surface area contributed by atoms with Crippen molar-refractivity contribution in [2.24, 2.45) is 0 Å². The Kier molecular flexibility index (Phi) is 4.38. The van der Waals surface area contributed by atoms with Crippen molar-refractivity contribution in [2.75, 3.05) is 37.7 Å². The third-order valence-corrected chi connectivity index (χ3v) is 4.06. The number of rotatable bonds is 2. The summed E-state index contributed by atoms with van der Waals surface area (Å²) in [6.45, 7) is 1.01. The minimum Gasteiger partial charge on any atom is -0.482 e. The van der Waals surface area contributed by atoms with Gasteiger partial charge in [-0.05, 0) is 18.2 Å². The summed E-state index contributed by atoms with van der Waals surface area (Å²) in [5, 5.41) is 3.18. The molecule has 2 heterocycles. The summed E-state index contributed by atoms with van der Waals surface area (Å²) in [6, 6.07) is 4.95. The first-order valence-electron chi connectivity index (χ1n) is 7.32. The predicted molar refractivity (Wildman–Crippen MR) is 83.5 cm³/mol. The monoisotopic (exact) mass is 337 g/mol.